The number of anilines is 1. The van der Waals surface area contributed by atoms with Gasteiger partial charge in [-0.1, -0.05) is 42.0 Å². The zero-order valence-corrected chi connectivity index (χ0v) is 17.8. The van der Waals surface area contributed by atoms with Gasteiger partial charge in [-0.2, -0.15) is 5.10 Å². The average molecular weight is 403 g/mol. The molecule has 0 unspecified atom stereocenters. The van der Waals surface area contributed by atoms with Gasteiger partial charge in [-0.05, 0) is 63.0 Å². The summed E-state index contributed by atoms with van der Waals surface area (Å²) < 4.78 is 1.96. The molecule has 30 heavy (non-hydrogen) atoms. The molecule has 1 fully saturated rings. The summed E-state index contributed by atoms with van der Waals surface area (Å²) in [6.07, 6.45) is 5.85. The van der Waals surface area contributed by atoms with Crippen LogP contribution in [0.4, 0.5) is 5.69 Å². The van der Waals surface area contributed by atoms with Gasteiger partial charge in [0.15, 0.2) is 0 Å². The zero-order chi connectivity index (χ0) is 20.9. The van der Waals surface area contributed by atoms with E-state index in [0.29, 0.717) is 0 Å². The summed E-state index contributed by atoms with van der Waals surface area (Å²) in [4.78, 5) is 15.1. The number of aryl methyl sites for hydroxylation is 2. The molecule has 0 aliphatic carbocycles. The number of nitrogens with one attached hydrogen (secondary N) is 1. The fraction of sp³-hybridized carbons (Fsp3) is 0.360. The number of amides is 1. The largest absolute Gasteiger partial charge is 0.326 e. The van der Waals surface area contributed by atoms with Crippen molar-refractivity contribution in [2.24, 2.45) is 5.92 Å². The molecule has 0 spiro atoms. The average Bonchev–Trinajstić information content (AvgIpc) is 3.22. The van der Waals surface area contributed by atoms with Crippen molar-refractivity contribution < 1.29 is 4.79 Å². The van der Waals surface area contributed by atoms with Crippen LogP contribution in [0.1, 0.15) is 30.9 Å². The molecule has 2 aromatic carbocycles. The van der Waals surface area contributed by atoms with Gasteiger partial charge in [0.05, 0.1) is 6.20 Å². The van der Waals surface area contributed by atoms with E-state index in [-0.39, 0.29) is 11.8 Å². The second kappa shape index (κ2) is 9.26. The van der Waals surface area contributed by atoms with Gasteiger partial charge in [0.25, 0.3) is 0 Å². The summed E-state index contributed by atoms with van der Waals surface area (Å²) in [6, 6.07) is 16.6. The number of rotatable bonds is 6. The number of aromatic nitrogens is 2. The van der Waals surface area contributed by atoms with Crippen LogP contribution in [0.5, 0.6) is 0 Å². The molecular weight excluding hydrogens is 372 g/mol. The SMILES string of the molecule is CCn1cc(CN2CCC(C(=O)Nc3ccc(-c4cccc(C)c4)cc3)CC2)cn1. The monoisotopic (exact) mass is 402 g/mol. The first-order valence-electron chi connectivity index (χ1n) is 10.8. The second-order valence-electron chi connectivity index (χ2n) is 8.19. The Morgan fingerprint density at radius 2 is 1.87 bits per heavy atom. The van der Waals surface area contributed by atoms with E-state index in [4.69, 9.17) is 0 Å². The molecule has 5 heteroatoms. The lowest BCUT2D eigenvalue weighted by atomic mass is 9.95. The smallest absolute Gasteiger partial charge is 0.227 e. The molecule has 2 heterocycles. The molecule has 1 N–H and O–H groups in total. The maximum absolute atomic E-state index is 12.7. The highest BCUT2D eigenvalue weighted by Gasteiger charge is 2.25. The number of nitrogens with zero attached hydrogens (tertiary/aromatic N) is 3. The molecule has 1 aliphatic rings. The fourth-order valence-electron chi connectivity index (χ4n) is 4.09. The van der Waals surface area contributed by atoms with Crippen LogP contribution in [0, 0.1) is 12.8 Å². The van der Waals surface area contributed by atoms with Crippen molar-refractivity contribution in [2.75, 3.05) is 18.4 Å². The summed E-state index contributed by atoms with van der Waals surface area (Å²) in [5.74, 6) is 0.216. The molecule has 1 saturated heterocycles. The van der Waals surface area contributed by atoms with Crippen LogP contribution in [0.3, 0.4) is 0 Å². The number of carbonyl (C=O) groups excluding carboxylic acids is 1. The van der Waals surface area contributed by atoms with Gasteiger partial charge in [0.1, 0.15) is 0 Å². The van der Waals surface area contributed by atoms with Crippen LogP contribution >= 0.6 is 0 Å². The molecule has 4 rings (SSSR count). The van der Waals surface area contributed by atoms with Crippen LogP contribution in [-0.2, 0) is 17.9 Å². The van der Waals surface area contributed by atoms with E-state index >= 15 is 0 Å². The maximum Gasteiger partial charge on any atom is 0.227 e. The van der Waals surface area contributed by atoms with E-state index in [1.807, 2.05) is 23.0 Å². The number of benzene rings is 2. The summed E-state index contributed by atoms with van der Waals surface area (Å²) in [7, 11) is 0. The molecule has 0 bridgehead atoms. The van der Waals surface area contributed by atoms with Crippen molar-refractivity contribution in [2.45, 2.75) is 39.8 Å². The Kier molecular flexibility index (Phi) is 6.29. The lowest BCUT2D eigenvalue weighted by Gasteiger charge is -2.30. The molecule has 1 aliphatic heterocycles. The minimum Gasteiger partial charge on any atom is -0.326 e. The third kappa shape index (κ3) is 4.97. The third-order valence-electron chi connectivity index (χ3n) is 5.88. The van der Waals surface area contributed by atoms with Crippen molar-refractivity contribution in [3.63, 3.8) is 0 Å². The van der Waals surface area contributed by atoms with Gasteiger partial charge in [0, 0.05) is 36.5 Å². The van der Waals surface area contributed by atoms with Crippen LogP contribution in [-0.4, -0.2) is 33.7 Å². The van der Waals surface area contributed by atoms with E-state index in [1.54, 1.807) is 0 Å². The van der Waals surface area contributed by atoms with E-state index in [0.717, 1.165) is 50.3 Å². The number of carbonyl (C=O) groups is 1. The first-order valence-corrected chi connectivity index (χ1v) is 10.8. The number of hydrogen-bond donors (Lipinski definition) is 1. The highest BCUT2D eigenvalue weighted by molar-refractivity contribution is 5.92. The Bertz CT molecular complexity index is 984. The quantitative estimate of drug-likeness (QED) is 0.648. The minimum atomic E-state index is 0.0797. The fourth-order valence-corrected chi connectivity index (χ4v) is 4.09. The Hall–Kier alpha value is -2.92. The molecule has 0 radical (unpaired) electrons. The van der Waals surface area contributed by atoms with Crippen molar-refractivity contribution in [1.29, 1.82) is 0 Å². The van der Waals surface area contributed by atoms with E-state index in [9.17, 15) is 4.79 Å². The van der Waals surface area contributed by atoms with Crippen molar-refractivity contribution >= 4 is 11.6 Å². The van der Waals surface area contributed by atoms with Gasteiger partial charge in [0.2, 0.25) is 5.91 Å². The first kappa shape index (κ1) is 20.4. The Morgan fingerprint density at radius 1 is 1.10 bits per heavy atom. The van der Waals surface area contributed by atoms with Gasteiger partial charge < -0.3 is 5.32 Å². The van der Waals surface area contributed by atoms with Crippen LogP contribution < -0.4 is 5.32 Å². The predicted molar refractivity (Wildman–Crippen MR) is 121 cm³/mol. The standard InChI is InChI=1S/C25H30N4O/c1-3-29-18-20(16-26-29)17-28-13-11-22(12-14-28)25(30)27-24-9-7-21(8-10-24)23-6-4-5-19(2)15-23/h4-10,15-16,18,22H,3,11-14,17H2,1-2H3,(H,27,30). The summed E-state index contributed by atoms with van der Waals surface area (Å²) >= 11 is 0. The highest BCUT2D eigenvalue weighted by atomic mass is 16.1. The van der Waals surface area contributed by atoms with Crippen molar-refractivity contribution in [3.8, 4) is 11.1 Å². The Morgan fingerprint density at radius 3 is 2.53 bits per heavy atom. The number of likely N-dealkylation sites (tertiary alicyclic amines) is 1. The van der Waals surface area contributed by atoms with Crippen molar-refractivity contribution in [1.82, 2.24) is 14.7 Å². The molecule has 5 nitrogen and oxygen atoms in total. The van der Waals surface area contributed by atoms with Gasteiger partial charge in [-0.15, -0.1) is 0 Å². The second-order valence-corrected chi connectivity index (χ2v) is 8.19. The van der Waals surface area contributed by atoms with E-state index in [2.05, 4.69) is 71.8 Å². The lowest BCUT2D eigenvalue weighted by molar-refractivity contribution is -0.121. The highest BCUT2D eigenvalue weighted by Crippen LogP contribution is 2.24. The first-order chi connectivity index (χ1) is 14.6. The third-order valence-corrected chi connectivity index (χ3v) is 5.88. The van der Waals surface area contributed by atoms with Gasteiger partial charge in [-0.25, -0.2) is 0 Å². The zero-order valence-electron chi connectivity index (χ0n) is 17.8. The number of piperidine rings is 1. The molecule has 3 aromatic rings. The summed E-state index contributed by atoms with van der Waals surface area (Å²) in [5, 5.41) is 7.45. The topological polar surface area (TPSA) is 50.2 Å². The van der Waals surface area contributed by atoms with Gasteiger partial charge >= 0.3 is 0 Å². The van der Waals surface area contributed by atoms with Gasteiger partial charge in [-0.3, -0.25) is 14.4 Å². The normalized spacial score (nSPS) is 15.3. The molecule has 0 saturated carbocycles. The number of hydrogen-bond acceptors (Lipinski definition) is 3. The van der Waals surface area contributed by atoms with Crippen LogP contribution in [0.15, 0.2) is 60.9 Å². The molecule has 1 amide bonds. The molecule has 0 atom stereocenters. The van der Waals surface area contributed by atoms with E-state index in [1.165, 1.54) is 16.7 Å². The van der Waals surface area contributed by atoms with E-state index < -0.39 is 0 Å². The van der Waals surface area contributed by atoms with Crippen LogP contribution in [0.2, 0.25) is 0 Å². The lowest BCUT2D eigenvalue weighted by Crippen LogP contribution is -2.37. The molecular formula is C25H30N4O. The Labute approximate surface area is 178 Å². The predicted octanol–water partition coefficient (Wildman–Crippen LogP) is 4.73. The molecule has 1 aromatic heterocycles. The minimum absolute atomic E-state index is 0.0797. The van der Waals surface area contributed by atoms with Crippen molar-refractivity contribution in [3.05, 3.63) is 72.1 Å². The maximum atomic E-state index is 12.7. The molecule has 156 valence electrons. The summed E-state index contributed by atoms with van der Waals surface area (Å²) in [5.41, 5.74) is 5.72. The summed E-state index contributed by atoms with van der Waals surface area (Å²) in [6.45, 7) is 7.89. The van der Waals surface area contributed by atoms with Crippen LogP contribution in [0.25, 0.3) is 11.1 Å². The Balaban J connectivity index is 1.28.